The van der Waals surface area contributed by atoms with Gasteiger partial charge in [-0.3, -0.25) is 4.79 Å². The molecule has 70 valence electrons. The Balaban J connectivity index is 2.45. The van der Waals surface area contributed by atoms with Crippen LogP contribution < -0.4 is 4.74 Å². The van der Waals surface area contributed by atoms with Gasteiger partial charge in [-0.2, -0.15) is 0 Å². The summed E-state index contributed by atoms with van der Waals surface area (Å²) in [7, 11) is 0. The van der Waals surface area contributed by atoms with Crippen molar-refractivity contribution >= 4 is 18.6 Å². The van der Waals surface area contributed by atoms with Crippen molar-refractivity contribution in [3.05, 3.63) is 30.3 Å². The van der Waals surface area contributed by atoms with Gasteiger partial charge < -0.3 is 9.84 Å². The van der Waals surface area contributed by atoms with Crippen molar-refractivity contribution in [3.8, 4) is 5.75 Å². The monoisotopic (exact) mass is 198 g/mol. The quantitative estimate of drug-likeness (QED) is 0.572. The largest absolute Gasteiger partial charge is 0.481 e. The summed E-state index contributed by atoms with van der Waals surface area (Å²) in [6.07, 6.45) is -0.113. The molecule has 0 saturated heterocycles. The molecule has 1 rings (SSSR count). The second-order valence-corrected chi connectivity index (χ2v) is 3.06. The van der Waals surface area contributed by atoms with Gasteiger partial charge in [0.25, 0.3) is 0 Å². The highest BCUT2D eigenvalue weighted by Crippen LogP contribution is 2.14. The van der Waals surface area contributed by atoms with Crippen molar-refractivity contribution in [3.63, 3.8) is 0 Å². The predicted molar refractivity (Wildman–Crippen MR) is 52.1 cm³/mol. The molecule has 0 aliphatic heterocycles. The minimum atomic E-state index is -0.920. The molecule has 1 atom stereocenters. The molecular weight excluding hydrogens is 188 g/mol. The minimum Gasteiger partial charge on any atom is -0.481 e. The number of hydrogen-bond acceptors (Lipinski definition) is 3. The molecule has 0 spiro atoms. The molecule has 0 radical (unpaired) electrons. The van der Waals surface area contributed by atoms with E-state index in [1.165, 1.54) is 0 Å². The van der Waals surface area contributed by atoms with Gasteiger partial charge in [-0.25, -0.2) is 0 Å². The van der Waals surface area contributed by atoms with Crippen molar-refractivity contribution in [2.75, 3.05) is 0 Å². The van der Waals surface area contributed by atoms with E-state index in [4.69, 9.17) is 9.84 Å². The number of ether oxygens (including phenoxy) is 1. The Morgan fingerprint density at radius 1 is 1.46 bits per heavy atom. The average molecular weight is 198 g/mol. The number of thiol groups is 1. The number of hydrogen-bond donors (Lipinski definition) is 2. The molecule has 1 N–H and O–H groups in total. The van der Waals surface area contributed by atoms with Crippen molar-refractivity contribution < 1.29 is 14.6 Å². The first kappa shape index (κ1) is 9.92. The van der Waals surface area contributed by atoms with E-state index in [1.54, 1.807) is 12.1 Å². The van der Waals surface area contributed by atoms with Crippen LogP contribution in [0.3, 0.4) is 0 Å². The van der Waals surface area contributed by atoms with E-state index in [0.29, 0.717) is 5.75 Å². The summed E-state index contributed by atoms with van der Waals surface area (Å²) < 4.78 is 5.21. The molecular formula is C9H10O3S. The van der Waals surface area contributed by atoms with Crippen molar-refractivity contribution in [1.29, 1.82) is 0 Å². The Morgan fingerprint density at radius 2 is 2.08 bits per heavy atom. The summed E-state index contributed by atoms with van der Waals surface area (Å²) in [5, 5.41) is 8.43. The molecule has 0 aromatic heterocycles. The van der Waals surface area contributed by atoms with Crippen LogP contribution in [0, 0.1) is 0 Å². The summed E-state index contributed by atoms with van der Waals surface area (Å²) in [4.78, 5) is 10.3. The highest BCUT2D eigenvalue weighted by molar-refractivity contribution is 7.80. The first-order valence-corrected chi connectivity index (χ1v) is 4.31. The van der Waals surface area contributed by atoms with Crippen LogP contribution in [-0.2, 0) is 4.79 Å². The van der Waals surface area contributed by atoms with Gasteiger partial charge in [0.1, 0.15) is 5.75 Å². The van der Waals surface area contributed by atoms with Crippen molar-refractivity contribution in [1.82, 2.24) is 0 Å². The standard InChI is InChI=1S/C9H10O3S/c10-8(11)6-9(13)12-7-4-2-1-3-5-7/h1-5,9,13H,6H2,(H,10,11). The summed E-state index contributed by atoms with van der Waals surface area (Å²) >= 11 is 3.98. The number of aliphatic carboxylic acids is 1. The highest BCUT2D eigenvalue weighted by Gasteiger charge is 2.09. The SMILES string of the molecule is O=C(O)CC(S)Oc1ccccc1. The molecule has 1 aromatic rings. The third-order valence-corrected chi connectivity index (χ3v) is 1.65. The average Bonchev–Trinajstić information content (AvgIpc) is 2.04. The highest BCUT2D eigenvalue weighted by atomic mass is 32.1. The first-order chi connectivity index (χ1) is 6.18. The topological polar surface area (TPSA) is 46.5 Å². The van der Waals surface area contributed by atoms with Crippen LogP contribution in [0.15, 0.2) is 30.3 Å². The van der Waals surface area contributed by atoms with Gasteiger partial charge in [-0.05, 0) is 12.1 Å². The molecule has 3 nitrogen and oxygen atoms in total. The second-order valence-electron chi connectivity index (χ2n) is 2.48. The summed E-state index contributed by atoms with van der Waals surface area (Å²) in [6.45, 7) is 0. The van der Waals surface area contributed by atoms with E-state index in [0.717, 1.165) is 0 Å². The summed E-state index contributed by atoms with van der Waals surface area (Å²) in [6, 6.07) is 9.00. The predicted octanol–water partition coefficient (Wildman–Crippen LogP) is 1.80. The first-order valence-electron chi connectivity index (χ1n) is 3.80. The fraction of sp³-hybridized carbons (Fsp3) is 0.222. The normalized spacial score (nSPS) is 12.1. The smallest absolute Gasteiger partial charge is 0.308 e. The van der Waals surface area contributed by atoms with Gasteiger partial charge in [0, 0.05) is 0 Å². The van der Waals surface area contributed by atoms with Crippen molar-refractivity contribution in [2.45, 2.75) is 11.9 Å². The van der Waals surface area contributed by atoms with Crippen LogP contribution >= 0.6 is 12.6 Å². The van der Waals surface area contributed by atoms with Gasteiger partial charge >= 0.3 is 5.97 Å². The van der Waals surface area contributed by atoms with Gasteiger partial charge in [-0.15, -0.1) is 12.6 Å². The Labute approximate surface area is 81.8 Å². The molecule has 0 aliphatic carbocycles. The molecule has 1 unspecified atom stereocenters. The molecule has 0 amide bonds. The number of benzene rings is 1. The minimum absolute atomic E-state index is 0.113. The Hall–Kier alpha value is -1.16. The van der Waals surface area contributed by atoms with Crippen LogP contribution in [0.1, 0.15) is 6.42 Å². The number of carboxylic acid groups (broad SMARTS) is 1. The van der Waals surface area contributed by atoms with E-state index in [9.17, 15) is 4.79 Å². The molecule has 0 fully saturated rings. The fourth-order valence-corrected chi connectivity index (χ4v) is 1.13. The number of para-hydroxylation sites is 1. The third kappa shape index (κ3) is 3.85. The molecule has 0 aliphatic rings. The van der Waals surface area contributed by atoms with Gasteiger partial charge in [0.2, 0.25) is 0 Å². The number of carboxylic acids is 1. The van der Waals surface area contributed by atoms with E-state index in [1.807, 2.05) is 18.2 Å². The van der Waals surface area contributed by atoms with Crippen molar-refractivity contribution in [2.24, 2.45) is 0 Å². The summed E-state index contributed by atoms with van der Waals surface area (Å²) in [5.74, 6) is -0.292. The lowest BCUT2D eigenvalue weighted by molar-refractivity contribution is -0.137. The number of carbonyl (C=O) groups is 1. The van der Waals surface area contributed by atoms with Crippen LogP contribution in [-0.4, -0.2) is 16.5 Å². The maximum absolute atomic E-state index is 10.3. The van der Waals surface area contributed by atoms with Gasteiger partial charge in [-0.1, -0.05) is 18.2 Å². The molecule has 13 heavy (non-hydrogen) atoms. The zero-order valence-electron chi connectivity index (χ0n) is 6.88. The number of rotatable bonds is 4. The second kappa shape index (κ2) is 4.77. The van der Waals surface area contributed by atoms with Gasteiger partial charge in [0.15, 0.2) is 5.44 Å². The maximum Gasteiger partial charge on any atom is 0.308 e. The third-order valence-electron chi connectivity index (χ3n) is 1.36. The summed E-state index contributed by atoms with van der Waals surface area (Å²) in [5.41, 5.74) is -0.597. The van der Waals surface area contributed by atoms with Crippen LogP contribution in [0.4, 0.5) is 0 Å². The zero-order valence-corrected chi connectivity index (χ0v) is 7.78. The molecule has 0 bridgehead atoms. The van der Waals surface area contributed by atoms with Crippen LogP contribution in [0.2, 0.25) is 0 Å². The lowest BCUT2D eigenvalue weighted by Crippen LogP contribution is -2.13. The van der Waals surface area contributed by atoms with Crippen LogP contribution in [0.25, 0.3) is 0 Å². The zero-order chi connectivity index (χ0) is 9.68. The van der Waals surface area contributed by atoms with E-state index in [2.05, 4.69) is 12.6 Å². The lowest BCUT2D eigenvalue weighted by atomic mass is 10.3. The lowest BCUT2D eigenvalue weighted by Gasteiger charge is -2.10. The van der Waals surface area contributed by atoms with E-state index in [-0.39, 0.29) is 6.42 Å². The molecule has 0 heterocycles. The van der Waals surface area contributed by atoms with Crippen LogP contribution in [0.5, 0.6) is 5.75 Å². The van der Waals surface area contributed by atoms with Gasteiger partial charge in [0.05, 0.1) is 6.42 Å². The maximum atomic E-state index is 10.3. The Kier molecular flexibility index (Phi) is 3.64. The molecule has 1 aromatic carbocycles. The Bertz CT molecular complexity index is 273. The molecule has 0 saturated carbocycles. The fourth-order valence-electron chi connectivity index (χ4n) is 0.847. The Morgan fingerprint density at radius 3 is 2.62 bits per heavy atom. The van der Waals surface area contributed by atoms with E-state index >= 15 is 0 Å². The van der Waals surface area contributed by atoms with E-state index < -0.39 is 11.4 Å². The molecule has 4 heteroatoms.